The van der Waals surface area contributed by atoms with E-state index in [9.17, 15) is 32.7 Å². The minimum Gasteiger partial charge on any atom is -0.493 e. The highest BCUT2D eigenvalue weighted by molar-refractivity contribution is 7.13. The Morgan fingerprint density at radius 1 is 1.05 bits per heavy atom. The van der Waals surface area contributed by atoms with E-state index in [0.29, 0.717) is 37.3 Å². The number of carbonyl (C=O) groups is 3. The molecule has 0 saturated heterocycles. The Labute approximate surface area is 253 Å². The molecule has 0 saturated carbocycles. The Morgan fingerprint density at radius 3 is 2.55 bits per heavy atom. The SMILES string of the molecule is CCCNC(=O)c1ccc(-c2cc3c(cc2C(=O)Nc2ccc(CN)cc2C(F)(F)F)-c2sccc2CCO3)c(C(=O)O)n1. The minimum atomic E-state index is -4.79. The van der Waals surface area contributed by atoms with Crippen molar-refractivity contribution in [1.82, 2.24) is 10.3 Å². The molecule has 0 radical (unpaired) electrons. The summed E-state index contributed by atoms with van der Waals surface area (Å²) in [4.78, 5) is 43.7. The van der Waals surface area contributed by atoms with Crippen LogP contribution in [0.15, 0.2) is 53.9 Å². The molecule has 4 aromatic rings. The molecule has 3 heterocycles. The summed E-state index contributed by atoms with van der Waals surface area (Å²) >= 11 is 1.41. The summed E-state index contributed by atoms with van der Waals surface area (Å²) in [5.41, 5.74) is 4.97. The van der Waals surface area contributed by atoms with Crippen LogP contribution in [0.4, 0.5) is 18.9 Å². The molecule has 228 valence electrons. The van der Waals surface area contributed by atoms with Gasteiger partial charge in [-0.1, -0.05) is 13.0 Å². The first-order valence-electron chi connectivity index (χ1n) is 13.6. The second-order valence-electron chi connectivity index (χ2n) is 9.96. The molecular weight excluding hydrogens is 597 g/mol. The van der Waals surface area contributed by atoms with Crippen LogP contribution in [0, 0.1) is 0 Å². The first-order chi connectivity index (χ1) is 21.0. The van der Waals surface area contributed by atoms with Crippen molar-refractivity contribution in [3.05, 3.63) is 87.6 Å². The number of amides is 2. The number of nitrogens with one attached hydrogen (secondary N) is 2. The fourth-order valence-electron chi connectivity index (χ4n) is 4.87. The number of fused-ring (bicyclic) bond motifs is 3. The van der Waals surface area contributed by atoms with Crippen LogP contribution in [-0.2, 0) is 19.1 Å². The fraction of sp³-hybridized carbons (Fsp3) is 0.226. The van der Waals surface area contributed by atoms with E-state index in [1.807, 2.05) is 18.4 Å². The average Bonchev–Trinajstić information content (AvgIpc) is 3.40. The van der Waals surface area contributed by atoms with Gasteiger partial charge in [-0.25, -0.2) is 9.78 Å². The number of thiophene rings is 1. The van der Waals surface area contributed by atoms with Gasteiger partial charge < -0.3 is 26.2 Å². The number of carboxylic acid groups (broad SMARTS) is 1. The third kappa shape index (κ3) is 6.15. The number of alkyl halides is 3. The molecule has 44 heavy (non-hydrogen) atoms. The second kappa shape index (κ2) is 12.5. The van der Waals surface area contributed by atoms with E-state index in [1.54, 1.807) is 0 Å². The molecule has 13 heteroatoms. The Bertz CT molecular complexity index is 1770. The number of hydrogen-bond acceptors (Lipinski definition) is 7. The zero-order chi connectivity index (χ0) is 31.6. The van der Waals surface area contributed by atoms with Crippen molar-refractivity contribution in [3.8, 4) is 27.3 Å². The summed E-state index contributed by atoms with van der Waals surface area (Å²) in [5, 5.41) is 17.0. The number of pyridine rings is 1. The summed E-state index contributed by atoms with van der Waals surface area (Å²) in [6.45, 7) is 2.39. The van der Waals surface area contributed by atoms with Gasteiger partial charge in [0.15, 0.2) is 5.69 Å². The zero-order valence-corrected chi connectivity index (χ0v) is 24.2. The number of aromatic carboxylic acids is 1. The van der Waals surface area contributed by atoms with Crippen molar-refractivity contribution in [2.45, 2.75) is 32.5 Å². The average molecular weight is 625 g/mol. The maximum absolute atomic E-state index is 14.0. The lowest BCUT2D eigenvalue weighted by Crippen LogP contribution is -2.25. The lowest BCUT2D eigenvalue weighted by atomic mass is 9.93. The quantitative estimate of drug-likeness (QED) is 0.189. The first kappa shape index (κ1) is 30.7. The van der Waals surface area contributed by atoms with Crippen molar-refractivity contribution in [1.29, 1.82) is 0 Å². The molecule has 2 aromatic heterocycles. The number of nitrogens with zero attached hydrogens (tertiary/aromatic N) is 1. The van der Waals surface area contributed by atoms with E-state index in [4.69, 9.17) is 10.5 Å². The maximum Gasteiger partial charge on any atom is 0.418 e. The fourth-order valence-corrected chi connectivity index (χ4v) is 5.85. The smallest absolute Gasteiger partial charge is 0.418 e. The lowest BCUT2D eigenvalue weighted by molar-refractivity contribution is -0.137. The van der Waals surface area contributed by atoms with Crippen molar-refractivity contribution in [3.63, 3.8) is 0 Å². The molecule has 1 aliphatic rings. The number of halogens is 3. The van der Waals surface area contributed by atoms with E-state index < -0.39 is 40.9 Å². The Kier molecular flexibility index (Phi) is 8.70. The Balaban J connectivity index is 1.69. The van der Waals surface area contributed by atoms with Gasteiger partial charge in [0, 0.05) is 46.6 Å². The molecule has 2 aromatic carbocycles. The van der Waals surface area contributed by atoms with Crippen molar-refractivity contribution >= 4 is 34.8 Å². The van der Waals surface area contributed by atoms with E-state index >= 15 is 0 Å². The predicted octanol–water partition coefficient (Wildman–Crippen LogP) is 5.98. The van der Waals surface area contributed by atoms with Crippen LogP contribution in [0.1, 0.15) is 61.4 Å². The molecule has 0 bridgehead atoms. The van der Waals surface area contributed by atoms with E-state index in [0.717, 1.165) is 22.6 Å². The van der Waals surface area contributed by atoms with Crippen molar-refractivity contribution in [2.24, 2.45) is 5.73 Å². The van der Waals surface area contributed by atoms with Crippen LogP contribution in [0.5, 0.6) is 5.75 Å². The highest BCUT2D eigenvalue weighted by Crippen LogP contribution is 2.44. The largest absolute Gasteiger partial charge is 0.493 e. The number of rotatable bonds is 8. The van der Waals surface area contributed by atoms with Gasteiger partial charge in [0.25, 0.3) is 11.8 Å². The number of hydrogen-bond donors (Lipinski definition) is 4. The molecule has 0 aliphatic carbocycles. The number of carboxylic acids is 1. The van der Waals surface area contributed by atoms with Crippen molar-refractivity contribution < 1.29 is 37.4 Å². The van der Waals surface area contributed by atoms with E-state index in [-0.39, 0.29) is 34.5 Å². The van der Waals surface area contributed by atoms with Gasteiger partial charge in [0.2, 0.25) is 0 Å². The van der Waals surface area contributed by atoms with Crippen LogP contribution < -0.4 is 21.1 Å². The van der Waals surface area contributed by atoms with Crippen LogP contribution >= 0.6 is 11.3 Å². The molecule has 0 spiro atoms. The summed E-state index contributed by atoms with van der Waals surface area (Å²) in [6, 6.07) is 10.9. The van der Waals surface area contributed by atoms with E-state index in [2.05, 4.69) is 15.6 Å². The highest BCUT2D eigenvalue weighted by atomic mass is 32.1. The highest BCUT2D eigenvalue weighted by Gasteiger charge is 2.35. The topological polar surface area (TPSA) is 144 Å². The molecule has 5 N–H and O–H groups in total. The summed E-state index contributed by atoms with van der Waals surface area (Å²) < 4.78 is 47.9. The summed E-state index contributed by atoms with van der Waals surface area (Å²) in [7, 11) is 0. The Hall–Kier alpha value is -4.75. The Morgan fingerprint density at radius 2 is 1.84 bits per heavy atom. The molecule has 1 aliphatic heterocycles. The van der Waals surface area contributed by atoms with E-state index in [1.165, 1.54) is 41.7 Å². The first-order valence-corrected chi connectivity index (χ1v) is 14.5. The van der Waals surface area contributed by atoms with Gasteiger partial charge in [0.05, 0.1) is 17.9 Å². The standard InChI is InChI=1S/C31H27F3N4O5S/c1-2-9-36-29(40)24-6-4-18(26(37-24)30(41)42)19-14-25-21(27-17(7-10-43-25)8-11-44-27)13-20(19)28(39)38-23-5-3-16(15-35)12-22(23)31(32,33)34/h3-6,8,11-14H,2,7,9-10,15,35H2,1H3,(H,36,40)(H,38,39)(H,41,42). The molecular formula is C31H27F3N4O5S. The monoisotopic (exact) mass is 624 g/mol. The van der Waals surface area contributed by atoms with Crippen LogP contribution in [0.2, 0.25) is 0 Å². The lowest BCUT2D eigenvalue weighted by Gasteiger charge is -2.19. The molecule has 0 atom stereocenters. The van der Waals surface area contributed by atoms with Gasteiger partial charge in [0.1, 0.15) is 11.4 Å². The predicted molar refractivity (Wildman–Crippen MR) is 159 cm³/mol. The van der Waals surface area contributed by atoms with Crippen LogP contribution in [-0.4, -0.2) is 41.0 Å². The third-order valence-corrected chi connectivity index (χ3v) is 8.00. The summed E-state index contributed by atoms with van der Waals surface area (Å²) in [6.07, 6.45) is -3.56. The minimum absolute atomic E-state index is 0.0220. The second-order valence-corrected chi connectivity index (χ2v) is 10.9. The zero-order valence-electron chi connectivity index (χ0n) is 23.4. The summed E-state index contributed by atoms with van der Waals surface area (Å²) in [5.74, 6) is -2.60. The number of anilines is 1. The molecule has 0 unspecified atom stereocenters. The molecule has 0 fully saturated rings. The van der Waals surface area contributed by atoms with Gasteiger partial charge in [-0.15, -0.1) is 11.3 Å². The number of carbonyl (C=O) groups excluding carboxylic acids is 2. The molecule has 5 rings (SSSR count). The van der Waals surface area contributed by atoms with Crippen LogP contribution in [0.3, 0.4) is 0 Å². The number of benzene rings is 2. The van der Waals surface area contributed by atoms with Gasteiger partial charge >= 0.3 is 12.1 Å². The van der Waals surface area contributed by atoms with Crippen LogP contribution in [0.25, 0.3) is 21.6 Å². The maximum atomic E-state index is 14.0. The van der Waals surface area contributed by atoms with Gasteiger partial charge in [-0.05, 0) is 65.4 Å². The van der Waals surface area contributed by atoms with Crippen molar-refractivity contribution in [2.75, 3.05) is 18.5 Å². The third-order valence-electron chi connectivity index (χ3n) is 7.01. The number of nitrogens with two attached hydrogens (primary N) is 1. The molecule has 9 nitrogen and oxygen atoms in total. The number of ether oxygens (including phenoxy) is 1. The molecule has 2 amide bonds. The van der Waals surface area contributed by atoms with Gasteiger partial charge in [-0.3, -0.25) is 9.59 Å². The normalized spacial score (nSPS) is 12.4. The number of aromatic nitrogens is 1. The van der Waals surface area contributed by atoms with Gasteiger partial charge in [-0.2, -0.15) is 13.2 Å².